The molecule has 26 heavy (non-hydrogen) atoms. The highest BCUT2D eigenvalue weighted by atomic mass is 32.2. The van der Waals surface area contributed by atoms with Crippen LogP contribution in [-0.4, -0.2) is 62.1 Å². The lowest BCUT2D eigenvalue weighted by Gasteiger charge is -2.33. The Morgan fingerprint density at radius 3 is 2.35 bits per heavy atom. The molecule has 0 amide bonds. The van der Waals surface area contributed by atoms with Crippen LogP contribution in [-0.2, 0) is 10.0 Å². The van der Waals surface area contributed by atoms with Gasteiger partial charge in [0.05, 0.1) is 18.1 Å². The molecule has 0 bridgehead atoms. The Morgan fingerprint density at radius 2 is 1.62 bits per heavy atom. The standard InChI is InChI=1S/C17H20N4O4S/c22-26(23,14-3-4-15-16(13-14)25-12-2-11-24-15)21-9-7-20(8-10-21)17-18-5-1-6-19-17/h1,3-6,13H,2,7-12H2. The summed E-state index contributed by atoms with van der Waals surface area (Å²) in [4.78, 5) is 10.7. The molecule has 138 valence electrons. The maximum Gasteiger partial charge on any atom is 0.243 e. The van der Waals surface area contributed by atoms with E-state index >= 15 is 0 Å². The fourth-order valence-corrected chi connectivity index (χ4v) is 4.47. The molecular formula is C17H20N4O4S. The number of hydrogen-bond donors (Lipinski definition) is 0. The fraction of sp³-hybridized carbons (Fsp3) is 0.412. The van der Waals surface area contributed by atoms with Gasteiger partial charge >= 0.3 is 0 Å². The second-order valence-electron chi connectivity index (χ2n) is 6.10. The first-order valence-corrected chi connectivity index (χ1v) is 10.0. The molecule has 4 rings (SSSR count). The lowest BCUT2D eigenvalue weighted by molar-refractivity contribution is 0.296. The van der Waals surface area contributed by atoms with Crippen LogP contribution in [0.25, 0.3) is 0 Å². The topological polar surface area (TPSA) is 84.9 Å². The van der Waals surface area contributed by atoms with E-state index in [0.717, 1.165) is 6.42 Å². The van der Waals surface area contributed by atoms with Crippen LogP contribution in [0.15, 0.2) is 41.6 Å². The van der Waals surface area contributed by atoms with Crippen LogP contribution < -0.4 is 14.4 Å². The molecule has 2 aliphatic rings. The normalized spacial score (nSPS) is 18.4. The molecule has 1 aromatic heterocycles. The fourth-order valence-electron chi connectivity index (χ4n) is 3.04. The van der Waals surface area contributed by atoms with Crippen LogP contribution in [0, 0.1) is 0 Å². The van der Waals surface area contributed by atoms with Crippen LogP contribution in [0.4, 0.5) is 5.95 Å². The number of piperazine rings is 1. The van der Waals surface area contributed by atoms with Crippen LogP contribution >= 0.6 is 0 Å². The average molecular weight is 376 g/mol. The quantitative estimate of drug-likeness (QED) is 0.794. The van der Waals surface area contributed by atoms with E-state index in [1.165, 1.54) is 4.31 Å². The zero-order valence-corrected chi connectivity index (χ0v) is 15.1. The van der Waals surface area contributed by atoms with Gasteiger partial charge in [0.25, 0.3) is 0 Å². The molecule has 8 nitrogen and oxygen atoms in total. The predicted molar refractivity (Wildman–Crippen MR) is 95.1 cm³/mol. The van der Waals surface area contributed by atoms with E-state index in [1.54, 1.807) is 36.7 Å². The van der Waals surface area contributed by atoms with Crippen molar-refractivity contribution in [1.29, 1.82) is 0 Å². The van der Waals surface area contributed by atoms with Gasteiger partial charge in [0.15, 0.2) is 11.5 Å². The summed E-state index contributed by atoms with van der Waals surface area (Å²) in [6.45, 7) is 2.96. The van der Waals surface area contributed by atoms with Gasteiger partial charge in [-0.2, -0.15) is 4.31 Å². The van der Waals surface area contributed by atoms with Gasteiger partial charge in [-0.05, 0) is 18.2 Å². The van der Waals surface area contributed by atoms with E-state index in [2.05, 4.69) is 9.97 Å². The number of rotatable bonds is 3. The first-order chi connectivity index (χ1) is 12.6. The van der Waals surface area contributed by atoms with E-state index in [9.17, 15) is 8.42 Å². The number of fused-ring (bicyclic) bond motifs is 1. The molecule has 0 N–H and O–H groups in total. The predicted octanol–water partition coefficient (Wildman–Crippen LogP) is 1.15. The van der Waals surface area contributed by atoms with Crippen molar-refractivity contribution in [2.75, 3.05) is 44.3 Å². The molecular weight excluding hydrogens is 356 g/mol. The smallest absolute Gasteiger partial charge is 0.243 e. The van der Waals surface area contributed by atoms with Gasteiger partial charge in [0.1, 0.15) is 0 Å². The molecule has 0 spiro atoms. The van der Waals surface area contributed by atoms with Crippen LogP contribution in [0.5, 0.6) is 11.5 Å². The molecule has 0 radical (unpaired) electrons. The molecule has 9 heteroatoms. The molecule has 1 fully saturated rings. The maximum atomic E-state index is 13.0. The number of sulfonamides is 1. The first-order valence-electron chi connectivity index (χ1n) is 8.56. The zero-order chi connectivity index (χ0) is 18.0. The number of anilines is 1. The minimum atomic E-state index is -3.58. The van der Waals surface area contributed by atoms with Gasteiger partial charge in [0, 0.05) is 51.1 Å². The number of nitrogens with zero attached hydrogens (tertiary/aromatic N) is 4. The average Bonchev–Trinajstić information content (AvgIpc) is 2.93. The molecule has 2 aliphatic heterocycles. The summed E-state index contributed by atoms with van der Waals surface area (Å²) in [5.74, 6) is 1.70. The van der Waals surface area contributed by atoms with Gasteiger partial charge in [-0.1, -0.05) is 0 Å². The van der Waals surface area contributed by atoms with Gasteiger partial charge < -0.3 is 14.4 Å². The summed E-state index contributed by atoms with van der Waals surface area (Å²) >= 11 is 0. The Morgan fingerprint density at radius 1 is 0.923 bits per heavy atom. The molecule has 1 saturated heterocycles. The van der Waals surface area contributed by atoms with Gasteiger partial charge in [-0.3, -0.25) is 0 Å². The van der Waals surface area contributed by atoms with Crippen molar-refractivity contribution in [3.05, 3.63) is 36.7 Å². The third-order valence-electron chi connectivity index (χ3n) is 4.43. The highest BCUT2D eigenvalue weighted by Gasteiger charge is 2.30. The molecule has 0 aliphatic carbocycles. The Bertz CT molecular complexity index is 868. The lowest BCUT2D eigenvalue weighted by atomic mass is 10.3. The molecule has 0 unspecified atom stereocenters. The van der Waals surface area contributed by atoms with Crippen LogP contribution in [0.1, 0.15) is 6.42 Å². The van der Waals surface area contributed by atoms with Crippen molar-refractivity contribution >= 4 is 16.0 Å². The minimum absolute atomic E-state index is 0.228. The zero-order valence-electron chi connectivity index (χ0n) is 14.2. The van der Waals surface area contributed by atoms with Gasteiger partial charge in [0.2, 0.25) is 16.0 Å². The second kappa shape index (κ2) is 7.08. The second-order valence-corrected chi connectivity index (χ2v) is 8.04. The lowest BCUT2D eigenvalue weighted by Crippen LogP contribution is -2.49. The van der Waals surface area contributed by atoms with Crippen molar-refractivity contribution in [3.8, 4) is 11.5 Å². The summed E-state index contributed by atoms with van der Waals surface area (Å²) in [6, 6.07) is 6.56. The van der Waals surface area contributed by atoms with E-state index in [4.69, 9.17) is 9.47 Å². The summed E-state index contributed by atoms with van der Waals surface area (Å²) in [5, 5.41) is 0. The summed E-state index contributed by atoms with van der Waals surface area (Å²) in [7, 11) is -3.58. The number of ether oxygens (including phenoxy) is 2. The van der Waals surface area contributed by atoms with Crippen molar-refractivity contribution in [3.63, 3.8) is 0 Å². The summed E-state index contributed by atoms with van der Waals surface area (Å²) in [5.41, 5.74) is 0. The number of hydrogen-bond acceptors (Lipinski definition) is 7. The SMILES string of the molecule is O=S(=O)(c1ccc2c(c1)OCCCO2)N1CCN(c2ncccn2)CC1. The Kier molecular flexibility index (Phi) is 4.64. The highest BCUT2D eigenvalue weighted by molar-refractivity contribution is 7.89. The van der Waals surface area contributed by atoms with Crippen LogP contribution in [0.3, 0.4) is 0 Å². The minimum Gasteiger partial charge on any atom is -0.490 e. The molecule has 0 atom stereocenters. The van der Waals surface area contributed by atoms with Crippen molar-refractivity contribution < 1.29 is 17.9 Å². The van der Waals surface area contributed by atoms with Crippen molar-refractivity contribution in [1.82, 2.24) is 14.3 Å². The monoisotopic (exact) mass is 376 g/mol. The molecule has 0 saturated carbocycles. The van der Waals surface area contributed by atoms with Gasteiger partial charge in [-0.15, -0.1) is 0 Å². The van der Waals surface area contributed by atoms with Crippen molar-refractivity contribution in [2.24, 2.45) is 0 Å². The maximum absolute atomic E-state index is 13.0. The van der Waals surface area contributed by atoms with E-state index in [-0.39, 0.29) is 4.90 Å². The first kappa shape index (κ1) is 17.0. The van der Waals surface area contributed by atoms with Gasteiger partial charge in [-0.25, -0.2) is 18.4 Å². The Labute approximate surface area is 152 Å². The highest BCUT2D eigenvalue weighted by Crippen LogP contribution is 2.33. The number of benzene rings is 1. The van der Waals surface area contributed by atoms with E-state index < -0.39 is 10.0 Å². The van der Waals surface area contributed by atoms with E-state index in [1.807, 2.05) is 4.90 Å². The Hall–Kier alpha value is -2.39. The third kappa shape index (κ3) is 3.32. The van der Waals surface area contributed by atoms with Crippen LogP contribution in [0.2, 0.25) is 0 Å². The molecule has 1 aromatic carbocycles. The third-order valence-corrected chi connectivity index (χ3v) is 6.33. The van der Waals surface area contributed by atoms with E-state index in [0.29, 0.717) is 56.8 Å². The largest absolute Gasteiger partial charge is 0.490 e. The van der Waals surface area contributed by atoms with Crippen molar-refractivity contribution in [2.45, 2.75) is 11.3 Å². The molecule has 2 aromatic rings. The number of aromatic nitrogens is 2. The summed E-state index contributed by atoms with van der Waals surface area (Å²) in [6.07, 6.45) is 4.15. The summed E-state index contributed by atoms with van der Waals surface area (Å²) < 4.78 is 38.6. The Balaban J connectivity index is 1.50. The molecule has 3 heterocycles.